The van der Waals surface area contributed by atoms with Crippen LogP contribution in [0.25, 0.3) is 0 Å². The Morgan fingerprint density at radius 3 is 2.76 bits per heavy atom. The predicted octanol–water partition coefficient (Wildman–Crippen LogP) is 2.04. The standard InChI is InChI=1S/C20H16ClN3O4S/c1-28-13-2-4-15-12(10-13)7-9-24(17(15)25)11-20(18(26)22-19(27)23-20)8-6-14-3-5-16(21)29-14/h2-5,10H,7,9,11H2,1H3,(H2,22,23,26,27)/t20-/m1/s1. The molecule has 2 aliphatic rings. The smallest absolute Gasteiger partial charge is 0.323 e. The predicted molar refractivity (Wildman–Crippen MR) is 108 cm³/mol. The third-order valence-corrected chi connectivity index (χ3v) is 5.97. The van der Waals surface area contributed by atoms with Crippen molar-refractivity contribution < 1.29 is 19.1 Å². The highest BCUT2D eigenvalue weighted by atomic mass is 35.5. The fourth-order valence-corrected chi connectivity index (χ4v) is 4.25. The van der Waals surface area contributed by atoms with Gasteiger partial charge < -0.3 is 15.0 Å². The zero-order chi connectivity index (χ0) is 20.6. The van der Waals surface area contributed by atoms with E-state index in [1.807, 2.05) is 6.07 Å². The summed E-state index contributed by atoms with van der Waals surface area (Å²) in [5, 5.41) is 4.81. The summed E-state index contributed by atoms with van der Waals surface area (Å²) in [7, 11) is 1.57. The minimum atomic E-state index is -1.52. The maximum atomic E-state index is 13.0. The van der Waals surface area contributed by atoms with Gasteiger partial charge in [0.15, 0.2) is 0 Å². The molecule has 2 aliphatic heterocycles. The van der Waals surface area contributed by atoms with Crippen LogP contribution in [0.3, 0.4) is 0 Å². The van der Waals surface area contributed by atoms with Gasteiger partial charge in [0.25, 0.3) is 11.8 Å². The first-order valence-electron chi connectivity index (χ1n) is 8.78. The summed E-state index contributed by atoms with van der Waals surface area (Å²) >= 11 is 7.19. The van der Waals surface area contributed by atoms with Crippen LogP contribution in [0.2, 0.25) is 4.34 Å². The quantitative estimate of drug-likeness (QED) is 0.577. The molecule has 1 aromatic heterocycles. The van der Waals surface area contributed by atoms with Gasteiger partial charge in [-0.25, -0.2) is 4.79 Å². The van der Waals surface area contributed by atoms with Gasteiger partial charge in [-0.15, -0.1) is 11.3 Å². The number of nitrogens with one attached hydrogen (secondary N) is 2. The number of hydrogen-bond acceptors (Lipinski definition) is 5. The molecule has 2 N–H and O–H groups in total. The number of hydrogen-bond donors (Lipinski definition) is 2. The number of thiophene rings is 1. The second-order valence-corrected chi connectivity index (χ2v) is 8.38. The van der Waals surface area contributed by atoms with Crippen molar-refractivity contribution in [2.24, 2.45) is 0 Å². The van der Waals surface area contributed by atoms with Crippen LogP contribution in [-0.4, -0.2) is 48.5 Å². The van der Waals surface area contributed by atoms with Crippen molar-refractivity contribution in [2.75, 3.05) is 20.2 Å². The largest absolute Gasteiger partial charge is 0.497 e. The fraction of sp³-hybridized carbons (Fsp3) is 0.250. The molecule has 1 saturated heterocycles. The summed E-state index contributed by atoms with van der Waals surface area (Å²) in [4.78, 5) is 39.6. The average Bonchev–Trinajstić information content (AvgIpc) is 3.24. The van der Waals surface area contributed by atoms with Gasteiger partial charge in [0.05, 0.1) is 22.9 Å². The molecule has 148 valence electrons. The van der Waals surface area contributed by atoms with Gasteiger partial charge in [-0.3, -0.25) is 14.9 Å². The van der Waals surface area contributed by atoms with Crippen molar-refractivity contribution in [3.8, 4) is 17.6 Å². The molecule has 0 saturated carbocycles. The van der Waals surface area contributed by atoms with Crippen LogP contribution in [0.15, 0.2) is 30.3 Å². The number of carbonyl (C=O) groups excluding carboxylic acids is 3. The van der Waals surface area contributed by atoms with Crippen LogP contribution >= 0.6 is 22.9 Å². The van der Waals surface area contributed by atoms with Crippen molar-refractivity contribution in [3.05, 3.63) is 50.7 Å². The van der Waals surface area contributed by atoms with Crippen molar-refractivity contribution in [2.45, 2.75) is 12.0 Å². The van der Waals surface area contributed by atoms with Crippen molar-refractivity contribution in [3.63, 3.8) is 0 Å². The number of methoxy groups -OCH3 is 1. The molecule has 1 aromatic carbocycles. The Morgan fingerprint density at radius 1 is 1.28 bits per heavy atom. The van der Waals surface area contributed by atoms with E-state index in [2.05, 4.69) is 22.5 Å². The van der Waals surface area contributed by atoms with Crippen molar-refractivity contribution in [1.29, 1.82) is 0 Å². The highest BCUT2D eigenvalue weighted by Gasteiger charge is 2.47. The summed E-state index contributed by atoms with van der Waals surface area (Å²) in [5.41, 5.74) is -0.0819. The molecule has 7 nitrogen and oxygen atoms in total. The first-order chi connectivity index (χ1) is 13.9. The molecule has 29 heavy (non-hydrogen) atoms. The summed E-state index contributed by atoms with van der Waals surface area (Å²) in [6, 6.07) is 8.07. The lowest BCUT2D eigenvalue weighted by atomic mass is 9.94. The van der Waals surface area contributed by atoms with Crippen LogP contribution in [0, 0.1) is 11.8 Å². The lowest BCUT2D eigenvalue weighted by Gasteiger charge is -2.33. The molecule has 0 unspecified atom stereocenters. The molecule has 4 amide bonds. The Balaban J connectivity index is 1.63. The molecule has 0 spiro atoms. The Morgan fingerprint density at radius 2 is 2.10 bits per heavy atom. The zero-order valence-corrected chi connectivity index (χ0v) is 16.9. The number of carbonyl (C=O) groups is 3. The maximum absolute atomic E-state index is 13.0. The molecule has 1 atom stereocenters. The number of urea groups is 1. The lowest BCUT2D eigenvalue weighted by molar-refractivity contribution is -0.122. The van der Waals surface area contributed by atoms with E-state index in [1.165, 1.54) is 16.2 Å². The number of nitrogens with zero attached hydrogens (tertiary/aromatic N) is 1. The van der Waals surface area contributed by atoms with Crippen LogP contribution in [0.4, 0.5) is 4.79 Å². The van der Waals surface area contributed by atoms with Gasteiger partial charge in [-0.05, 0) is 42.3 Å². The van der Waals surface area contributed by atoms with Crippen LogP contribution in [0.1, 0.15) is 20.8 Å². The molecule has 2 aromatic rings. The van der Waals surface area contributed by atoms with Gasteiger partial charge in [0.2, 0.25) is 5.54 Å². The molecule has 1 fully saturated rings. The third kappa shape index (κ3) is 3.67. The summed E-state index contributed by atoms with van der Waals surface area (Å²) in [5.74, 6) is 5.64. The minimum absolute atomic E-state index is 0.0546. The van der Waals surface area contributed by atoms with Crippen LogP contribution in [0.5, 0.6) is 5.75 Å². The van der Waals surface area contributed by atoms with E-state index >= 15 is 0 Å². The zero-order valence-electron chi connectivity index (χ0n) is 15.4. The number of amides is 4. The van der Waals surface area contributed by atoms with E-state index in [0.29, 0.717) is 33.5 Å². The molecule has 9 heteroatoms. The Kier molecular flexibility index (Phi) is 4.94. The van der Waals surface area contributed by atoms with E-state index < -0.39 is 17.5 Å². The van der Waals surface area contributed by atoms with Crippen molar-refractivity contribution >= 4 is 40.8 Å². The fourth-order valence-electron chi connectivity index (χ4n) is 3.36. The first kappa shape index (κ1) is 19.3. The Bertz CT molecular complexity index is 1090. The molecule has 3 heterocycles. The summed E-state index contributed by atoms with van der Waals surface area (Å²) in [6.45, 7) is 0.345. The lowest BCUT2D eigenvalue weighted by Crippen LogP contribution is -2.56. The topological polar surface area (TPSA) is 87.7 Å². The van der Waals surface area contributed by atoms with Crippen LogP contribution in [-0.2, 0) is 11.2 Å². The number of fused-ring (bicyclic) bond motifs is 1. The van der Waals surface area contributed by atoms with E-state index in [4.69, 9.17) is 16.3 Å². The number of halogens is 1. The highest BCUT2D eigenvalue weighted by molar-refractivity contribution is 7.16. The molecule has 4 rings (SSSR count). The van der Waals surface area contributed by atoms with E-state index in [-0.39, 0.29) is 12.5 Å². The molecular formula is C20H16ClN3O4S. The SMILES string of the molecule is COc1ccc2c(c1)CCN(C[C@@]1(C#Cc3ccc(Cl)s3)NC(=O)NC1=O)C2=O. The van der Waals surface area contributed by atoms with E-state index in [1.54, 1.807) is 31.4 Å². The van der Waals surface area contributed by atoms with Gasteiger partial charge in [-0.2, -0.15) is 0 Å². The molecule has 0 aliphatic carbocycles. The number of imide groups is 1. The molecule has 0 bridgehead atoms. The summed E-state index contributed by atoms with van der Waals surface area (Å²) < 4.78 is 5.79. The normalized spacial score (nSPS) is 20.5. The van der Waals surface area contributed by atoms with E-state index in [9.17, 15) is 14.4 Å². The monoisotopic (exact) mass is 429 g/mol. The van der Waals surface area contributed by atoms with Gasteiger partial charge >= 0.3 is 6.03 Å². The number of ether oxygens (including phenoxy) is 1. The van der Waals surface area contributed by atoms with Crippen molar-refractivity contribution in [1.82, 2.24) is 15.5 Å². The summed E-state index contributed by atoms with van der Waals surface area (Å²) in [6.07, 6.45) is 0.609. The first-order valence-corrected chi connectivity index (χ1v) is 9.98. The van der Waals surface area contributed by atoms with Gasteiger partial charge in [-0.1, -0.05) is 23.4 Å². The second-order valence-electron chi connectivity index (χ2n) is 6.67. The third-order valence-electron chi connectivity index (χ3n) is 4.82. The molecular weight excluding hydrogens is 414 g/mol. The Labute approximate surface area is 176 Å². The van der Waals surface area contributed by atoms with E-state index in [0.717, 1.165) is 5.56 Å². The number of benzene rings is 1. The highest BCUT2D eigenvalue weighted by Crippen LogP contribution is 2.26. The van der Waals surface area contributed by atoms with Gasteiger partial charge in [0.1, 0.15) is 5.75 Å². The maximum Gasteiger partial charge on any atom is 0.323 e. The number of rotatable bonds is 3. The Hall–Kier alpha value is -3.02. The van der Waals surface area contributed by atoms with Crippen LogP contribution < -0.4 is 15.4 Å². The minimum Gasteiger partial charge on any atom is -0.497 e. The second kappa shape index (κ2) is 7.43. The average molecular weight is 430 g/mol. The van der Waals surface area contributed by atoms with Gasteiger partial charge in [0, 0.05) is 12.1 Å². The molecule has 0 radical (unpaired) electrons.